The standard InChI is InChI=1S/C17H12ClN5OS/c1-9(24)19-10-6-7-13-14(8-10)25-17(22-13)23-16-15(18)20-11-4-2-3-5-12(11)21-16/h2-8H,1H3,(H,19,24)(H,21,22,23). The summed E-state index contributed by atoms with van der Waals surface area (Å²) in [7, 11) is 0. The fraction of sp³-hybridized carbons (Fsp3) is 0.0588. The highest BCUT2D eigenvalue weighted by atomic mass is 35.5. The molecule has 0 atom stereocenters. The number of anilines is 3. The van der Waals surface area contributed by atoms with Crippen LogP contribution in [0.25, 0.3) is 21.3 Å². The molecule has 0 aliphatic heterocycles. The van der Waals surface area contributed by atoms with Crippen LogP contribution >= 0.6 is 22.9 Å². The largest absolute Gasteiger partial charge is 0.326 e. The van der Waals surface area contributed by atoms with Gasteiger partial charge in [0.1, 0.15) is 0 Å². The van der Waals surface area contributed by atoms with Crippen molar-refractivity contribution in [1.29, 1.82) is 0 Å². The lowest BCUT2D eigenvalue weighted by atomic mass is 10.3. The quantitative estimate of drug-likeness (QED) is 0.552. The molecule has 1 amide bonds. The Morgan fingerprint density at radius 3 is 2.56 bits per heavy atom. The van der Waals surface area contributed by atoms with Crippen LogP contribution in [-0.2, 0) is 4.79 Å². The number of aromatic nitrogens is 3. The summed E-state index contributed by atoms with van der Waals surface area (Å²) >= 11 is 7.68. The number of carbonyl (C=O) groups is 1. The second kappa shape index (κ2) is 6.27. The summed E-state index contributed by atoms with van der Waals surface area (Å²) in [6, 6.07) is 13.1. The third-order valence-electron chi connectivity index (χ3n) is 3.46. The molecule has 0 saturated heterocycles. The van der Waals surface area contributed by atoms with Gasteiger partial charge in [-0.2, -0.15) is 0 Å². The van der Waals surface area contributed by atoms with E-state index in [1.165, 1.54) is 18.3 Å². The molecule has 0 fully saturated rings. The zero-order valence-corrected chi connectivity index (χ0v) is 14.6. The van der Waals surface area contributed by atoms with E-state index in [0.29, 0.717) is 10.9 Å². The van der Waals surface area contributed by atoms with Gasteiger partial charge in [0.25, 0.3) is 0 Å². The monoisotopic (exact) mass is 369 g/mol. The number of amides is 1. The number of hydrogen-bond donors (Lipinski definition) is 2. The van der Waals surface area contributed by atoms with Crippen LogP contribution in [0.4, 0.5) is 16.6 Å². The molecule has 0 bridgehead atoms. The van der Waals surface area contributed by atoms with Crippen molar-refractivity contribution in [3.63, 3.8) is 0 Å². The SMILES string of the molecule is CC(=O)Nc1ccc2nc(Nc3nc4ccccc4nc3Cl)sc2c1. The Labute approximate surface area is 151 Å². The molecule has 4 rings (SSSR count). The Morgan fingerprint density at radius 1 is 1.04 bits per heavy atom. The van der Waals surface area contributed by atoms with Gasteiger partial charge in [-0.1, -0.05) is 35.1 Å². The maximum absolute atomic E-state index is 11.2. The van der Waals surface area contributed by atoms with Gasteiger partial charge in [0.05, 0.1) is 21.3 Å². The highest BCUT2D eigenvalue weighted by Crippen LogP contribution is 2.32. The number of thiazole rings is 1. The van der Waals surface area contributed by atoms with E-state index >= 15 is 0 Å². The first-order chi connectivity index (χ1) is 12.1. The van der Waals surface area contributed by atoms with E-state index in [4.69, 9.17) is 11.6 Å². The van der Waals surface area contributed by atoms with E-state index < -0.39 is 0 Å². The normalized spacial score (nSPS) is 11.0. The Hall–Kier alpha value is -2.77. The van der Waals surface area contributed by atoms with Crippen LogP contribution in [0.1, 0.15) is 6.92 Å². The third kappa shape index (κ3) is 3.24. The van der Waals surface area contributed by atoms with Gasteiger partial charge in [0.2, 0.25) is 5.91 Å². The first-order valence-corrected chi connectivity index (χ1v) is 8.65. The lowest BCUT2D eigenvalue weighted by Gasteiger charge is -2.05. The number of nitrogens with one attached hydrogen (secondary N) is 2. The van der Waals surface area contributed by atoms with Crippen molar-refractivity contribution in [3.05, 3.63) is 47.6 Å². The number of carbonyl (C=O) groups excluding carboxylic acids is 1. The molecule has 8 heteroatoms. The molecule has 0 radical (unpaired) electrons. The fourth-order valence-electron chi connectivity index (χ4n) is 2.42. The van der Waals surface area contributed by atoms with Crippen molar-refractivity contribution in [1.82, 2.24) is 15.0 Å². The van der Waals surface area contributed by atoms with Crippen molar-refractivity contribution >= 4 is 66.7 Å². The Bertz CT molecular complexity index is 1110. The van der Waals surface area contributed by atoms with Crippen molar-refractivity contribution in [2.45, 2.75) is 6.92 Å². The van der Waals surface area contributed by atoms with Crippen LogP contribution in [0.15, 0.2) is 42.5 Å². The molecule has 4 aromatic rings. The fourth-order valence-corrected chi connectivity index (χ4v) is 3.50. The van der Waals surface area contributed by atoms with Gasteiger partial charge in [-0.05, 0) is 30.3 Å². The Balaban J connectivity index is 1.68. The molecule has 6 nitrogen and oxygen atoms in total. The van der Waals surface area contributed by atoms with Crippen LogP contribution in [0.2, 0.25) is 5.15 Å². The Kier molecular flexibility index (Phi) is 3.95. The van der Waals surface area contributed by atoms with Gasteiger partial charge in [0, 0.05) is 12.6 Å². The summed E-state index contributed by atoms with van der Waals surface area (Å²) in [4.78, 5) is 24.5. The molecule has 0 spiro atoms. The van der Waals surface area contributed by atoms with Crippen molar-refractivity contribution in [3.8, 4) is 0 Å². The first-order valence-electron chi connectivity index (χ1n) is 7.46. The first kappa shape index (κ1) is 15.7. The summed E-state index contributed by atoms with van der Waals surface area (Å²) in [6.07, 6.45) is 0. The molecule has 0 aliphatic carbocycles. The average molecular weight is 370 g/mol. The number of fused-ring (bicyclic) bond motifs is 2. The van der Waals surface area contributed by atoms with E-state index in [-0.39, 0.29) is 11.1 Å². The molecule has 2 aromatic heterocycles. The van der Waals surface area contributed by atoms with Gasteiger partial charge in [-0.25, -0.2) is 15.0 Å². The summed E-state index contributed by atoms with van der Waals surface area (Å²) in [5.74, 6) is 0.349. The van der Waals surface area contributed by atoms with E-state index in [0.717, 1.165) is 26.9 Å². The van der Waals surface area contributed by atoms with Crippen LogP contribution in [0.5, 0.6) is 0 Å². The molecule has 2 aromatic carbocycles. The van der Waals surface area contributed by atoms with Gasteiger partial charge in [0.15, 0.2) is 16.1 Å². The molecule has 25 heavy (non-hydrogen) atoms. The molecule has 2 heterocycles. The van der Waals surface area contributed by atoms with E-state index in [1.807, 2.05) is 42.5 Å². The smallest absolute Gasteiger partial charge is 0.221 e. The minimum absolute atomic E-state index is 0.111. The second-order valence-electron chi connectivity index (χ2n) is 5.36. The van der Waals surface area contributed by atoms with Crippen LogP contribution < -0.4 is 10.6 Å². The molecular weight excluding hydrogens is 358 g/mol. The van der Waals surface area contributed by atoms with Gasteiger partial charge in [-0.3, -0.25) is 4.79 Å². The topological polar surface area (TPSA) is 79.8 Å². The average Bonchev–Trinajstić information content (AvgIpc) is 2.96. The van der Waals surface area contributed by atoms with Gasteiger partial charge >= 0.3 is 0 Å². The van der Waals surface area contributed by atoms with Gasteiger partial charge in [-0.15, -0.1) is 0 Å². The number of para-hydroxylation sites is 2. The van der Waals surface area contributed by atoms with Crippen LogP contribution in [0.3, 0.4) is 0 Å². The van der Waals surface area contributed by atoms with Crippen LogP contribution in [-0.4, -0.2) is 20.9 Å². The minimum Gasteiger partial charge on any atom is -0.326 e. The number of nitrogens with zero attached hydrogens (tertiary/aromatic N) is 3. The zero-order valence-electron chi connectivity index (χ0n) is 13.1. The molecule has 124 valence electrons. The third-order valence-corrected chi connectivity index (χ3v) is 4.66. The predicted octanol–water partition coefficient (Wildman–Crippen LogP) is 4.59. The summed E-state index contributed by atoms with van der Waals surface area (Å²) in [5.41, 5.74) is 3.05. The van der Waals surface area contributed by atoms with E-state index in [9.17, 15) is 4.79 Å². The lowest BCUT2D eigenvalue weighted by Crippen LogP contribution is -2.05. The number of rotatable bonds is 3. The Morgan fingerprint density at radius 2 is 1.80 bits per heavy atom. The van der Waals surface area contributed by atoms with E-state index in [1.54, 1.807) is 0 Å². The van der Waals surface area contributed by atoms with Crippen LogP contribution in [0, 0.1) is 0 Å². The van der Waals surface area contributed by atoms with E-state index in [2.05, 4.69) is 25.6 Å². The minimum atomic E-state index is -0.111. The number of benzene rings is 2. The molecular formula is C17H12ClN5OS. The molecule has 0 saturated carbocycles. The molecule has 2 N–H and O–H groups in total. The maximum atomic E-state index is 11.2. The highest BCUT2D eigenvalue weighted by Gasteiger charge is 2.10. The number of halogens is 1. The second-order valence-corrected chi connectivity index (χ2v) is 6.75. The van der Waals surface area contributed by atoms with Crippen molar-refractivity contribution in [2.75, 3.05) is 10.6 Å². The zero-order chi connectivity index (χ0) is 17.4. The van der Waals surface area contributed by atoms with Gasteiger partial charge < -0.3 is 10.6 Å². The number of hydrogen-bond acceptors (Lipinski definition) is 6. The maximum Gasteiger partial charge on any atom is 0.221 e. The summed E-state index contributed by atoms with van der Waals surface area (Å²) in [6.45, 7) is 1.48. The van der Waals surface area contributed by atoms with Crippen molar-refractivity contribution in [2.24, 2.45) is 0 Å². The summed E-state index contributed by atoms with van der Waals surface area (Å²) < 4.78 is 0.943. The predicted molar refractivity (Wildman–Crippen MR) is 102 cm³/mol. The molecule has 0 unspecified atom stereocenters. The summed E-state index contributed by atoms with van der Waals surface area (Å²) in [5, 5.41) is 6.83. The van der Waals surface area contributed by atoms with Crippen molar-refractivity contribution < 1.29 is 4.79 Å². The lowest BCUT2D eigenvalue weighted by molar-refractivity contribution is -0.114. The molecule has 0 aliphatic rings. The highest BCUT2D eigenvalue weighted by molar-refractivity contribution is 7.22.